The van der Waals surface area contributed by atoms with Crippen LogP contribution in [0.5, 0.6) is 17.2 Å². The molecule has 10 rings (SSSR count). The summed E-state index contributed by atoms with van der Waals surface area (Å²) in [6.45, 7) is 9.53. The predicted molar refractivity (Wildman–Crippen MR) is 251 cm³/mol. The third kappa shape index (κ3) is 7.78. The van der Waals surface area contributed by atoms with Gasteiger partial charge in [0.05, 0.1) is 59.1 Å². The van der Waals surface area contributed by atoms with Crippen molar-refractivity contribution in [2.24, 2.45) is 0 Å². The molecule has 6 aromatic heterocycles. The number of alkyl halides is 3. The number of nitrogen functional groups attached to an aromatic ring is 2. The van der Waals surface area contributed by atoms with E-state index in [9.17, 15) is 22.8 Å². The van der Waals surface area contributed by atoms with Gasteiger partial charge in [-0.3, -0.25) is 9.59 Å². The van der Waals surface area contributed by atoms with Crippen molar-refractivity contribution in [2.75, 3.05) is 59.0 Å². The van der Waals surface area contributed by atoms with Crippen molar-refractivity contribution in [3.05, 3.63) is 92.3 Å². The smallest absolute Gasteiger partial charge is 0.416 e. The first kappa shape index (κ1) is 44.0. The first-order chi connectivity index (χ1) is 31.7. The minimum atomic E-state index is -4.49. The highest BCUT2D eigenvalue weighted by molar-refractivity contribution is 7.23. The van der Waals surface area contributed by atoms with Crippen LogP contribution in [0.1, 0.15) is 30.5 Å². The van der Waals surface area contributed by atoms with Crippen molar-refractivity contribution >= 4 is 88.4 Å². The van der Waals surface area contributed by atoms with E-state index in [1.165, 1.54) is 43.3 Å². The molecule has 20 heteroatoms. The lowest BCUT2D eigenvalue weighted by Crippen LogP contribution is -2.27. The number of thiophene rings is 2. The summed E-state index contributed by atoms with van der Waals surface area (Å²) in [6.07, 6.45) is 6.56. The molecule has 4 N–H and O–H groups in total. The molecule has 2 saturated heterocycles. The molecule has 0 saturated carbocycles. The van der Waals surface area contributed by atoms with Gasteiger partial charge in [0.1, 0.15) is 52.8 Å². The Morgan fingerprint density at radius 1 is 0.697 bits per heavy atom. The van der Waals surface area contributed by atoms with Crippen LogP contribution in [-0.2, 0) is 15.8 Å². The molecule has 8 heterocycles. The molecule has 0 aliphatic carbocycles. The van der Waals surface area contributed by atoms with Crippen molar-refractivity contribution < 1.29 is 37.0 Å². The Morgan fingerprint density at radius 3 is 1.61 bits per heavy atom. The molecule has 340 valence electrons. The molecular formula is C46H43F3N10O5S2. The summed E-state index contributed by atoms with van der Waals surface area (Å²) in [5.41, 5.74) is 14.8. The van der Waals surface area contributed by atoms with E-state index < -0.39 is 11.7 Å². The summed E-state index contributed by atoms with van der Waals surface area (Å²) in [7, 11) is 4.64. The Balaban J connectivity index is 0.000000166. The molecule has 0 spiro atoms. The Morgan fingerprint density at radius 2 is 1.17 bits per heavy atom. The number of anilines is 2. The quantitative estimate of drug-likeness (QED) is 0.132. The number of hydrogen-bond donors (Lipinski definition) is 2. The highest BCUT2D eigenvalue weighted by Crippen LogP contribution is 2.47. The summed E-state index contributed by atoms with van der Waals surface area (Å²) in [4.78, 5) is 46.8. The monoisotopic (exact) mass is 936 g/mol. The zero-order valence-electron chi connectivity index (χ0n) is 36.0. The minimum Gasteiger partial charge on any atom is -0.497 e. The molecular weight excluding hydrogens is 894 g/mol. The van der Waals surface area contributed by atoms with Gasteiger partial charge in [0, 0.05) is 70.9 Å². The number of rotatable bonds is 9. The summed E-state index contributed by atoms with van der Waals surface area (Å²) in [5.74, 6) is 2.18. The Labute approximate surface area is 383 Å². The number of nitrogens with zero attached hydrogens (tertiary/aromatic N) is 8. The van der Waals surface area contributed by atoms with E-state index in [1.807, 2.05) is 27.8 Å². The fraction of sp³-hybridized carbons (Fsp3) is 0.261. The number of carbonyl (C=O) groups excluding carboxylic acids is 2. The zero-order valence-corrected chi connectivity index (χ0v) is 37.6. The number of methoxy groups -OCH3 is 3. The molecule has 2 amide bonds. The fourth-order valence-corrected chi connectivity index (χ4v) is 11.1. The molecule has 2 fully saturated rings. The van der Waals surface area contributed by atoms with E-state index in [0.717, 1.165) is 78.5 Å². The molecule has 2 aliphatic heterocycles. The molecule has 66 heavy (non-hydrogen) atoms. The van der Waals surface area contributed by atoms with E-state index in [-0.39, 0.29) is 35.5 Å². The fourth-order valence-electron chi connectivity index (χ4n) is 8.81. The number of hydrogen-bond acceptors (Lipinski definition) is 13. The Bertz CT molecular complexity index is 3230. The first-order valence-corrected chi connectivity index (χ1v) is 22.3. The molecule has 2 aliphatic rings. The average molecular weight is 937 g/mol. The first-order valence-electron chi connectivity index (χ1n) is 20.6. The molecule has 2 atom stereocenters. The number of amides is 2. The maximum Gasteiger partial charge on any atom is 0.416 e. The number of aromatic nitrogens is 6. The number of halogens is 3. The van der Waals surface area contributed by atoms with Gasteiger partial charge in [-0.1, -0.05) is 13.2 Å². The van der Waals surface area contributed by atoms with Gasteiger partial charge >= 0.3 is 6.18 Å². The zero-order chi connectivity index (χ0) is 46.6. The number of fused-ring (bicyclic) bond motifs is 4. The van der Waals surface area contributed by atoms with Crippen LogP contribution < -0.4 is 25.7 Å². The van der Waals surface area contributed by atoms with E-state index in [1.54, 1.807) is 36.5 Å². The maximum absolute atomic E-state index is 13.4. The van der Waals surface area contributed by atoms with Gasteiger partial charge in [-0.25, -0.2) is 19.9 Å². The van der Waals surface area contributed by atoms with Crippen LogP contribution >= 0.6 is 22.7 Å². The lowest BCUT2D eigenvalue weighted by atomic mass is 10.1. The average Bonchev–Trinajstić information content (AvgIpc) is 4.18. The van der Waals surface area contributed by atoms with Crippen LogP contribution in [0.15, 0.2) is 86.8 Å². The molecule has 15 nitrogen and oxygen atoms in total. The minimum absolute atomic E-state index is 0.0322. The van der Waals surface area contributed by atoms with E-state index in [4.69, 9.17) is 25.7 Å². The largest absolute Gasteiger partial charge is 0.497 e. The summed E-state index contributed by atoms with van der Waals surface area (Å²) < 4.78 is 62.2. The molecule has 8 aromatic rings. The molecule has 0 radical (unpaired) electrons. The van der Waals surface area contributed by atoms with Gasteiger partial charge in [0.2, 0.25) is 11.8 Å². The lowest BCUT2D eigenvalue weighted by molar-refractivity contribution is -0.137. The van der Waals surface area contributed by atoms with Gasteiger partial charge in [0.15, 0.2) is 0 Å². The lowest BCUT2D eigenvalue weighted by Gasteiger charge is -2.15. The van der Waals surface area contributed by atoms with Crippen molar-refractivity contribution in [3.63, 3.8) is 0 Å². The second-order valence-electron chi connectivity index (χ2n) is 15.7. The van der Waals surface area contributed by atoms with Crippen LogP contribution in [0, 0.1) is 0 Å². The second-order valence-corrected chi connectivity index (χ2v) is 17.8. The molecule has 2 unspecified atom stereocenters. The molecule has 2 aromatic carbocycles. The standard InChI is InChI=1S/C23H20F3N5O2S.C23H23N5O3S/c1-3-18(32)30-5-4-14(9-30)31-10-15(19-21(27)28-11-29-22(19)31)17-7-12-6-13(23(24,25)26)8-16(33-2)20(12)34-17;1-4-19(29)27-6-5-14(10-27)28-11-16(20-22(24)25-12-26-23(20)28)18-8-13-7-15(30-2)9-17(31-3)21(13)32-18/h3,6-8,10-11,14H,1,4-5,9H2,2H3,(H2,27,28,29);4,7-9,11-12,14H,1,5-6,10H2,2-3H3,(H2,24,25,26). The summed E-state index contributed by atoms with van der Waals surface area (Å²) >= 11 is 2.94. The van der Waals surface area contributed by atoms with Gasteiger partial charge in [-0.2, -0.15) is 13.2 Å². The number of likely N-dealkylation sites (tertiary alicyclic amines) is 2. The van der Waals surface area contributed by atoms with Gasteiger partial charge in [-0.15, -0.1) is 22.7 Å². The number of ether oxygens (including phenoxy) is 3. The van der Waals surface area contributed by atoms with Crippen LogP contribution in [0.4, 0.5) is 24.8 Å². The van der Waals surface area contributed by atoms with Crippen molar-refractivity contribution in [3.8, 4) is 38.1 Å². The van der Waals surface area contributed by atoms with E-state index >= 15 is 0 Å². The van der Waals surface area contributed by atoms with Crippen LogP contribution in [0.2, 0.25) is 0 Å². The number of carbonyl (C=O) groups is 2. The van der Waals surface area contributed by atoms with E-state index in [2.05, 4.69) is 49.9 Å². The number of nitrogens with two attached hydrogens (primary N) is 2. The van der Waals surface area contributed by atoms with Crippen molar-refractivity contribution in [1.29, 1.82) is 0 Å². The van der Waals surface area contributed by atoms with Crippen molar-refractivity contribution in [1.82, 2.24) is 38.9 Å². The normalized spacial score (nSPS) is 16.3. The summed E-state index contributed by atoms with van der Waals surface area (Å²) in [5, 5.41) is 2.89. The Hall–Kier alpha value is -7.19. The predicted octanol–water partition coefficient (Wildman–Crippen LogP) is 8.75. The number of benzene rings is 2. The van der Waals surface area contributed by atoms with Gasteiger partial charge in [-0.05, 0) is 60.7 Å². The van der Waals surface area contributed by atoms with Crippen molar-refractivity contribution in [2.45, 2.75) is 31.1 Å². The van der Waals surface area contributed by atoms with Gasteiger partial charge in [0.25, 0.3) is 0 Å². The van der Waals surface area contributed by atoms with Gasteiger partial charge < -0.3 is 44.6 Å². The van der Waals surface area contributed by atoms with Crippen LogP contribution in [0.25, 0.3) is 63.1 Å². The topological polar surface area (TPSA) is 182 Å². The molecule has 0 bridgehead atoms. The third-order valence-electron chi connectivity index (χ3n) is 12.0. The maximum atomic E-state index is 13.4. The van der Waals surface area contributed by atoms with Crippen LogP contribution in [0.3, 0.4) is 0 Å². The third-order valence-corrected chi connectivity index (χ3v) is 14.4. The second kappa shape index (κ2) is 17.3. The highest BCUT2D eigenvalue weighted by Gasteiger charge is 2.34. The summed E-state index contributed by atoms with van der Waals surface area (Å²) in [6, 6.07) is 9.88. The van der Waals surface area contributed by atoms with E-state index in [0.29, 0.717) is 53.1 Å². The SMILES string of the molecule is C=CC(=O)N1CCC(n2cc(-c3cc4cc(C(F)(F)F)cc(OC)c4s3)c3c(N)ncnc32)C1.C=CC(=O)N1CCC(n2cc(-c3cc4cc(OC)cc(OC)c4s3)c3c(N)ncnc32)C1. The highest BCUT2D eigenvalue weighted by atomic mass is 32.1. The Kier molecular flexibility index (Phi) is 11.6. The van der Waals surface area contributed by atoms with Crippen LogP contribution in [-0.4, -0.2) is 98.2 Å².